The number of pyridine rings is 1. The van der Waals surface area contributed by atoms with Crippen molar-refractivity contribution >= 4 is 37.9 Å². The van der Waals surface area contributed by atoms with E-state index in [9.17, 15) is 8.42 Å². The fraction of sp³-hybridized carbons (Fsp3) is 0. The van der Waals surface area contributed by atoms with Crippen LogP contribution < -0.4 is 10.9 Å². The second-order valence-electron chi connectivity index (χ2n) is 4.95. The van der Waals surface area contributed by atoms with Crippen molar-refractivity contribution in [3.05, 3.63) is 60.9 Å². The van der Waals surface area contributed by atoms with Crippen LogP contribution in [0.25, 0.3) is 21.9 Å². The Morgan fingerprint density at radius 2 is 1.83 bits per heavy atom. The van der Waals surface area contributed by atoms with Crippen LogP contribution in [0.5, 0.6) is 0 Å². The van der Waals surface area contributed by atoms with Crippen LogP contribution in [0, 0.1) is 0 Å². The maximum atomic E-state index is 12.3. The lowest BCUT2D eigenvalue weighted by Gasteiger charge is -2.08. The number of nitrogens with two attached hydrogens (primary N) is 2. The number of rotatable bonds is 3. The van der Waals surface area contributed by atoms with Crippen molar-refractivity contribution < 1.29 is 8.42 Å². The molecule has 3 aromatic rings. The molecule has 0 amide bonds. The highest BCUT2D eigenvalue weighted by atomic mass is 32.2. The molecule has 0 aliphatic heterocycles. The van der Waals surface area contributed by atoms with Gasteiger partial charge < -0.3 is 5.73 Å². The summed E-state index contributed by atoms with van der Waals surface area (Å²) in [5, 5.41) is 6.74. The Balaban J connectivity index is 2.15. The molecule has 3 rings (SSSR count). The first-order chi connectivity index (χ1) is 11.5. The SMILES string of the molecule is NSC(N)=NS(=O)(=O)c1ccc2c(-c3ccncc3)cccc2c1. The van der Waals surface area contributed by atoms with E-state index in [2.05, 4.69) is 9.38 Å². The molecule has 0 unspecified atom stereocenters. The summed E-state index contributed by atoms with van der Waals surface area (Å²) >= 11 is 0.592. The fourth-order valence-electron chi connectivity index (χ4n) is 2.40. The first-order valence-electron chi connectivity index (χ1n) is 6.91. The number of sulfonamides is 1. The molecule has 0 aliphatic rings. The molecule has 0 saturated carbocycles. The molecule has 2 aromatic carbocycles. The van der Waals surface area contributed by atoms with Gasteiger partial charge in [-0.05, 0) is 58.1 Å². The third kappa shape index (κ3) is 3.25. The van der Waals surface area contributed by atoms with Crippen molar-refractivity contribution in [2.24, 2.45) is 15.3 Å². The van der Waals surface area contributed by atoms with Crippen LogP contribution in [0.1, 0.15) is 0 Å². The molecular weight excluding hydrogens is 344 g/mol. The second-order valence-corrected chi connectivity index (χ2v) is 7.20. The van der Waals surface area contributed by atoms with Crippen LogP contribution in [-0.2, 0) is 10.0 Å². The van der Waals surface area contributed by atoms with Gasteiger partial charge in [-0.2, -0.15) is 8.42 Å². The highest BCUT2D eigenvalue weighted by molar-refractivity contribution is 8.12. The minimum Gasteiger partial charge on any atom is -0.377 e. The van der Waals surface area contributed by atoms with Crippen molar-refractivity contribution in [2.75, 3.05) is 0 Å². The van der Waals surface area contributed by atoms with Gasteiger partial charge in [-0.15, -0.1) is 4.40 Å². The molecule has 122 valence electrons. The molecule has 1 heterocycles. The number of hydrogen-bond acceptors (Lipinski definition) is 5. The molecule has 6 nitrogen and oxygen atoms in total. The van der Waals surface area contributed by atoms with Gasteiger partial charge in [0.15, 0.2) is 5.17 Å². The van der Waals surface area contributed by atoms with Crippen LogP contribution >= 0.6 is 11.9 Å². The van der Waals surface area contributed by atoms with Gasteiger partial charge in [-0.1, -0.05) is 24.3 Å². The van der Waals surface area contributed by atoms with E-state index in [4.69, 9.17) is 10.9 Å². The summed E-state index contributed by atoms with van der Waals surface area (Å²) in [6.45, 7) is 0. The zero-order valence-corrected chi connectivity index (χ0v) is 14.1. The van der Waals surface area contributed by atoms with Crippen molar-refractivity contribution in [3.63, 3.8) is 0 Å². The van der Waals surface area contributed by atoms with Crippen molar-refractivity contribution in [2.45, 2.75) is 4.90 Å². The van der Waals surface area contributed by atoms with Crippen LogP contribution in [0.4, 0.5) is 0 Å². The van der Waals surface area contributed by atoms with Gasteiger partial charge >= 0.3 is 0 Å². The molecule has 8 heteroatoms. The summed E-state index contributed by atoms with van der Waals surface area (Å²) in [5.74, 6) is 0. The summed E-state index contributed by atoms with van der Waals surface area (Å²) in [5.41, 5.74) is 7.42. The smallest absolute Gasteiger partial charge is 0.284 e. The minimum absolute atomic E-state index is 0.0684. The quantitative estimate of drug-likeness (QED) is 0.423. The Hall–Kier alpha value is -2.42. The number of nitrogens with zero attached hydrogens (tertiary/aromatic N) is 2. The summed E-state index contributed by atoms with van der Waals surface area (Å²) in [6.07, 6.45) is 3.43. The molecule has 4 N–H and O–H groups in total. The first kappa shape index (κ1) is 16.4. The zero-order valence-electron chi connectivity index (χ0n) is 12.5. The van der Waals surface area contributed by atoms with Crippen LogP contribution in [0.2, 0.25) is 0 Å². The third-order valence-corrected chi connectivity index (χ3v) is 5.21. The summed E-state index contributed by atoms with van der Waals surface area (Å²) in [6, 6.07) is 14.4. The van der Waals surface area contributed by atoms with Crippen molar-refractivity contribution in [3.8, 4) is 11.1 Å². The molecule has 0 saturated heterocycles. The number of benzene rings is 2. The third-order valence-electron chi connectivity index (χ3n) is 3.47. The molecular formula is C16H14N4O2S2. The Labute approximate surface area is 143 Å². The average Bonchev–Trinajstić information content (AvgIpc) is 2.61. The summed E-state index contributed by atoms with van der Waals surface area (Å²) in [4.78, 5) is 4.08. The Morgan fingerprint density at radius 1 is 1.08 bits per heavy atom. The lowest BCUT2D eigenvalue weighted by atomic mass is 9.99. The molecule has 0 aliphatic carbocycles. The van der Waals surface area contributed by atoms with E-state index in [1.807, 2.05) is 30.3 Å². The van der Waals surface area contributed by atoms with Gasteiger partial charge in [-0.3, -0.25) is 10.1 Å². The predicted octanol–water partition coefficient (Wildman–Crippen LogP) is 2.51. The normalized spacial score (nSPS) is 12.5. The van der Waals surface area contributed by atoms with Crippen molar-refractivity contribution in [1.82, 2.24) is 4.98 Å². The van der Waals surface area contributed by atoms with E-state index in [1.54, 1.807) is 24.5 Å². The standard InChI is InChI=1S/C16H14N4O2S2/c17-16(23-18)20-24(21,22)13-4-5-15-12(10-13)2-1-3-14(15)11-6-8-19-9-7-11/h1-10H,18H2,(H2,17,20). The van der Waals surface area contributed by atoms with Crippen LogP contribution in [0.15, 0.2) is 70.2 Å². The second kappa shape index (κ2) is 6.60. The number of amidine groups is 1. The molecule has 0 spiro atoms. The van der Waals surface area contributed by atoms with Crippen molar-refractivity contribution in [1.29, 1.82) is 0 Å². The van der Waals surface area contributed by atoms with Gasteiger partial charge in [-0.25, -0.2) is 0 Å². The lowest BCUT2D eigenvalue weighted by Crippen LogP contribution is -2.12. The topological polar surface area (TPSA) is 111 Å². The number of fused-ring (bicyclic) bond motifs is 1. The fourth-order valence-corrected chi connectivity index (χ4v) is 3.72. The molecule has 0 bridgehead atoms. The van der Waals surface area contributed by atoms with E-state index in [1.165, 1.54) is 6.07 Å². The summed E-state index contributed by atoms with van der Waals surface area (Å²) in [7, 11) is -3.89. The maximum Gasteiger partial charge on any atom is 0.284 e. The van der Waals surface area contributed by atoms with E-state index in [-0.39, 0.29) is 10.1 Å². The van der Waals surface area contributed by atoms with E-state index in [0.717, 1.165) is 21.9 Å². The molecule has 0 fully saturated rings. The minimum atomic E-state index is -3.89. The lowest BCUT2D eigenvalue weighted by molar-refractivity contribution is 0.598. The van der Waals surface area contributed by atoms with Crippen LogP contribution in [-0.4, -0.2) is 18.6 Å². The highest BCUT2D eigenvalue weighted by Crippen LogP contribution is 2.30. The Kier molecular flexibility index (Phi) is 4.52. The first-order valence-corrected chi connectivity index (χ1v) is 9.23. The number of hydrogen-bond donors (Lipinski definition) is 2. The zero-order chi connectivity index (χ0) is 17.2. The van der Waals surface area contributed by atoms with E-state index in [0.29, 0.717) is 11.9 Å². The van der Waals surface area contributed by atoms with Crippen LogP contribution in [0.3, 0.4) is 0 Å². The van der Waals surface area contributed by atoms with Gasteiger partial charge in [0.05, 0.1) is 4.90 Å². The molecule has 0 atom stereocenters. The monoisotopic (exact) mass is 358 g/mol. The van der Waals surface area contributed by atoms with E-state index < -0.39 is 10.0 Å². The molecule has 1 aromatic heterocycles. The average molecular weight is 358 g/mol. The predicted molar refractivity (Wildman–Crippen MR) is 97.8 cm³/mol. The van der Waals surface area contributed by atoms with Gasteiger partial charge in [0.1, 0.15) is 0 Å². The largest absolute Gasteiger partial charge is 0.377 e. The Morgan fingerprint density at radius 3 is 2.54 bits per heavy atom. The molecule has 0 radical (unpaired) electrons. The van der Waals surface area contributed by atoms with Gasteiger partial charge in [0.2, 0.25) is 0 Å². The Bertz CT molecular complexity index is 1020. The summed E-state index contributed by atoms with van der Waals surface area (Å²) < 4.78 is 28.0. The van der Waals surface area contributed by atoms with Gasteiger partial charge in [0.25, 0.3) is 10.0 Å². The molecule has 24 heavy (non-hydrogen) atoms. The van der Waals surface area contributed by atoms with Gasteiger partial charge in [0, 0.05) is 12.4 Å². The highest BCUT2D eigenvalue weighted by Gasteiger charge is 2.15. The van der Waals surface area contributed by atoms with E-state index >= 15 is 0 Å². The maximum absolute atomic E-state index is 12.3. The number of aromatic nitrogens is 1.